The Kier molecular flexibility index (Phi) is 3.16. The van der Waals surface area contributed by atoms with Crippen LogP contribution in [0.4, 0.5) is 5.82 Å². The quantitative estimate of drug-likeness (QED) is 0.652. The molecule has 2 aromatic rings. The van der Waals surface area contributed by atoms with E-state index in [1.807, 2.05) is 25.0 Å². The number of nitrogens with two attached hydrogens (primary N) is 1. The molecule has 1 aliphatic heterocycles. The molecule has 0 fully saturated rings. The van der Waals surface area contributed by atoms with E-state index in [9.17, 15) is 0 Å². The van der Waals surface area contributed by atoms with Crippen molar-refractivity contribution in [3.8, 4) is 11.4 Å². The molecule has 0 unspecified atom stereocenters. The van der Waals surface area contributed by atoms with Crippen LogP contribution in [0, 0.1) is 0 Å². The number of nitrogens with one attached hydrogen (secondary N) is 1. The number of aryl methyl sites for hydroxylation is 2. The van der Waals surface area contributed by atoms with Crippen LogP contribution in [0.1, 0.15) is 23.9 Å². The highest BCUT2D eigenvalue weighted by Crippen LogP contribution is 2.34. The van der Waals surface area contributed by atoms with Gasteiger partial charge in [0.2, 0.25) is 0 Å². The lowest BCUT2D eigenvalue weighted by atomic mass is 10.1. The van der Waals surface area contributed by atoms with Crippen LogP contribution >= 0.6 is 11.8 Å². The van der Waals surface area contributed by atoms with E-state index in [0.29, 0.717) is 5.82 Å². The highest BCUT2D eigenvalue weighted by molar-refractivity contribution is 7.98. The smallest absolute Gasteiger partial charge is 0.165 e. The molecule has 0 aliphatic carbocycles. The fraction of sp³-hybridized carbons (Fsp3) is 0.417. The summed E-state index contributed by atoms with van der Waals surface area (Å²) in [5.74, 6) is 8.85. The number of aromatic nitrogens is 4. The molecule has 3 heterocycles. The third-order valence-corrected chi connectivity index (χ3v) is 4.17. The molecule has 19 heavy (non-hydrogen) atoms. The van der Waals surface area contributed by atoms with E-state index >= 15 is 0 Å². The number of rotatable bonds is 3. The third kappa shape index (κ3) is 2.08. The van der Waals surface area contributed by atoms with E-state index < -0.39 is 0 Å². The van der Waals surface area contributed by atoms with Gasteiger partial charge in [-0.05, 0) is 6.42 Å². The summed E-state index contributed by atoms with van der Waals surface area (Å²) in [6.45, 7) is 2.08. The fourth-order valence-corrected chi connectivity index (χ4v) is 3.32. The van der Waals surface area contributed by atoms with Crippen molar-refractivity contribution in [1.29, 1.82) is 0 Å². The normalized spacial score (nSPS) is 13.6. The van der Waals surface area contributed by atoms with Crippen LogP contribution in [0.15, 0.2) is 6.20 Å². The first kappa shape index (κ1) is 12.4. The van der Waals surface area contributed by atoms with E-state index in [1.165, 1.54) is 0 Å². The van der Waals surface area contributed by atoms with Gasteiger partial charge in [-0.1, -0.05) is 6.92 Å². The van der Waals surface area contributed by atoms with Gasteiger partial charge in [0, 0.05) is 30.3 Å². The first-order valence-corrected chi connectivity index (χ1v) is 7.35. The van der Waals surface area contributed by atoms with Crippen molar-refractivity contribution in [1.82, 2.24) is 19.7 Å². The molecule has 3 N–H and O–H groups in total. The van der Waals surface area contributed by atoms with E-state index in [0.717, 1.165) is 46.3 Å². The molecule has 0 atom stereocenters. The molecule has 3 rings (SSSR count). The largest absolute Gasteiger partial charge is 0.308 e. The number of nitrogen functional groups attached to an aromatic ring is 1. The average Bonchev–Trinajstić information content (AvgIpc) is 3.02. The van der Waals surface area contributed by atoms with Gasteiger partial charge < -0.3 is 5.43 Å². The molecule has 0 saturated carbocycles. The van der Waals surface area contributed by atoms with Crippen molar-refractivity contribution in [3.63, 3.8) is 0 Å². The lowest BCUT2D eigenvalue weighted by Gasteiger charge is -2.08. The van der Waals surface area contributed by atoms with Crippen molar-refractivity contribution >= 4 is 17.6 Å². The topological polar surface area (TPSA) is 81.7 Å². The Hall–Kier alpha value is -1.60. The van der Waals surface area contributed by atoms with E-state index in [-0.39, 0.29) is 0 Å². The molecule has 2 aromatic heterocycles. The summed E-state index contributed by atoms with van der Waals surface area (Å²) in [6.07, 6.45) is 2.82. The fourth-order valence-electron chi connectivity index (χ4n) is 2.27. The van der Waals surface area contributed by atoms with Gasteiger partial charge >= 0.3 is 0 Å². The Labute approximate surface area is 115 Å². The molecule has 7 heteroatoms. The van der Waals surface area contributed by atoms with Gasteiger partial charge in [-0.3, -0.25) is 4.68 Å². The van der Waals surface area contributed by atoms with E-state index in [4.69, 9.17) is 5.84 Å². The molecule has 100 valence electrons. The number of hydrazine groups is 1. The van der Waals surface area contributed by atoms with Crippen LogP contribution in [0.3, 0.4) is 0 Å². The molecule has 0 amide bonds. The predicted octanol–water partition coefficient (Wildman–Crippen LogP) is 1.47. The summed E-state index contributed by atoms with van der Waals surface area (Å²) in [5.41, 5.74) is 6.89. The maximum absolute atomic E-state index is 5.58. The zero-order valence-electron chi connectivity index (χ0n) is 11.0. The standard InChI is InChI=1S/C12H16N6S/c1-3-9-7(4-18(2)17-9)11-14-10-6-19-5-8(10)12(15-11)16-13/h4H,3,5-6,13H2,1-2H3,(H,14,15,16). The molecular weight excluding hydrogens is 260 g/mol. The van der Waals surface area contributed by atoms with Crippen molar-refractivity contribution in [2.45, 2.75) is 24.9 Å². The second-order valence-corrected chi connectivity index (χ2v) is 5.46. The summed E-state index contributed by atoms with van der Waals surface area (Å²) >= 11 is 1.83. The highest BCUT2D eigenvalue weighted by atomic mass is 32.2. The van der Waals surface area contributed by atoms with Crippen LogP contribution in [0.25, 0.3) is 11.4 Å². The average molecular weight is 276 g/mol. The summed E-state index contributed by atoms with van der Waals surface area (Å²) in [5, 5.41) is 4.43. The van der Waals surface area contributed by atoms with E-state index in [1.54, 1.807) is 4.68 Å². The summed E-state index contributed by atoms with van der Waals surface area (Å²) < 4.78 is 1.80. The lowest BCUT2D eigenvalue weighted by Crippen LogP contribution is -2.13. The Morgan fingerprint density at radius 2 is 2.26 bits per heavy atom. The predicted molar refractivity (Wildman–Crippen MR) is 76.4 cm³/mol. The minimum Gasteiger partial charge on any atom is -0.308 e. The van der Waals surface area contributed by atoms with Gasteiger partial charge in [-0.15, -0.1) is 0 Å². The van der Waals surface area contributed by atoms with Crippen LogP contribution in [0.2, 0.25) is 0 Å². The first-order valence-electron chi connectivity index (χ1n) is 6.20. The molecule has 6 nitrogen and oxygen atoms in total. The van der Waals surface area contributed by atoms with Crippen molar-refractivity contribution in [3.05, 3.63) is 23.1 Å². The lowest BCUT2D eigenvalue weighted by molar-refractivity contribution is 0.746. The monoisotopic (exact) mass is 276 g/mol. The van der Waals surface area contributed by atoms with Gasteiger partial charge in [0.05, 0.1) is 17.0 Å². The Morgan fingerprint density at radius 3 is 3.00 bits per heavy atom. The van der Waals surface area contributed by atoms with Crippen molar-refractivity contribution < 1.29 is 0 Å². The van der Waals surface area contributed by atoms with Gasteiger partial charge in [-0.25, -0.2) is 15.8 Å². The van der Waals surface area contributed by atoms with Gasteiger partial charge in [-0.2, -0.15) is 16.9 Å². The zero-order chi connectivity index (χ0) is 13.4. The zero-order valence-corrected chi connectivity index (χ0v) is 11.8. The summed E-state index contributed by atoms with van der Waals surface area (Å²) in [6, 6.07) is 0. The summed E-state index contributed by atoms with van der Waals surface area (Å²) in [7, 11) is 1.91. The number of hydrogen-bond acceptors (Lipinski definition) is 6. The minimum absolute atomic E-state index is 0.708. The molecular formula is C12H16N6S. The maximum Gasteiger partial charge on any atom is 0.165 e. The second-order valence-electron chi connectivity index (χ2n) is 4.47. The molecule has 0 spiro atoms. The van der Waals surface area contributed by atoms with Crippen LogP contribution < -0.4 is 11.3 Å². The number of fused-ring (bicyclic) bond motifs is 1. The van der Waals surface area contributed by atoms with Crippen LogP contribution in [0.5, 0.6) is 0 Å². The molecule has 1 aliphatic rings. The molecule has 0 radical (unpaired) electrons. The number of hydrogen-bond donors (Lipinski definition) is 2. The van der Waals surface area contributed by atoms with Gasteiger partial charge in [0.25, 0.3) is 0 Å². The Balaban J connectivity index is 2.15. The third-order valence-electron chi connectivity index (χ3n) is 3.20. The van der Waals surface area contributed by atoms with Crippen molar-refractivity contribution in [2.24, 2.45) is 12.9 Å². The van der Waals surface area contributed by atoms with Gasteiger partial charge in [0.1, 0.15) is 5.82 Å². The second kappa shape index (κ2) is 4.82. The van der Waals surface area contributed by atoms with E-state index in [2.05, 4.69) is 27.4 Å². The van der Waals surface area contributed by atoms with Gasteiger partial charge in [0.15, 0.2) is 5.82 Å². The minimum atomic E-state index is 0.708. The molecule has 0 aromatic carbocycles. The van der Waals surface area contributed by atoms with Crippen LogP contribution in [-0.4, -0.2) is 19.7 Å². The first-order chi connectivity index (χ1) is 9.22. The van der Waals surface area contributed by atoms with Crippen molar-refractivity contribution in [2.75, 3.05) is 5.43 Å². The Bertz CT molecular complexity index is 621. The maximum atomic E-state index is 5.58. The SMILES string of the molecule is CCc1nn(C)cc1-c1nc2c(c(NN)n1)CSC2. The van der Waals surface area contributed by atoms with Crippen LogP contribution in [-0.2, 0) is 25.0 Å². The number of nitrogens with zero attached hydrogens (tertiary/aromatic N) is 4. The number of thioether (sulfide) groups is 1. The number of anilines is 1. The summed E-state index contributed by atoms with van der Waals surface area (Å²) in [4.78, 5) is 9.21. The highest BCUT2D eigenvalue weighted by Gasteiger charge is 2.21. The molecule has 0 saturated heterocycles. The molecule has 0 bridgehead atoms. The Morgan fingerprint density at radius 1 is 1.42 bits per heavy atom.